The molecule has 0 aliphatic rings. The number of carbonyl (C=O) groups is 1. The monoisotopic (exact) mass is 636 g/mol. The van der Waals surface area contributed by atoms with Gasteiger partial charge in [0.2, 0.25) is 13.1 Å². The molecule has 0 fully saturated rings. The first-order valence-electron chi connectivity index (χ1n) is 13.2. The molecule has 0 spiro atoms. The predicted octanol–water partition coefficient (Wildman–Crippen LogP) is 2.37. The number of thiazole rings is 1. The Hall–Kier alpha value is -4.70. The maximum Gasteiger partial charge on any atom is 0.416 e. The summed E-state index contributed by atoms with van der Waals surface area (Å²) in [4.78, 5) is 18.6. The van der Waals surface area contributed by atoms with Crippen LogP contribution < -0.4 is 21.9 Å². The summed E-state index contributed by atoms with van der Waals surface area (Å²) >= 11 is 1.27. The molecule has 0 saturated heterocycles. The molecular formula is C31H27ClF2N6O3S. The number of hydrogen-bond acceptors (Lipinski definition) is 7. The van der Waals surface area contributed by atoms with Crippen LogP contribution in [0, 0.1) is 23.0 Å². The molecule has 0 radical (unpaired) electrons. The fourth-order valence-corrected chi connectivity index (χ4v) is 5.54. The van der Waals surface area contributed by atoms with Crippen molar-refractivity contribution >= 4 is 23.1 Å². The average molecular weight is 637 g/mol. The molecule has 2 aromatic heterocycles. The zero-order valence-corrected chi connectivity index (χ0v) is 25.2. The molecule has 5 rings (SSSR count). The normalized spacial score (nSPS) is 12.8. The third-order valence-electron chi connectivity index (χ3n) is 7.10. The van der Waals surface area contributed by atoms with E-state index in [1.807, 2.05) is 6.07 Å². The van der Waals surface area contributed by atoms with E-state index in [1.165, 1.54) is 38.1 Å². The lowest BCUT2D eigenvalue weighted by Gasteiger charge is -2.32. The molecule has 2 heterocycles. The lowest BCUT2D eigenvalue weighted by atomic mass is 9.82. The van der Waals surface area contributed by atoms with E-state index in [-0.39, 0.29) is 31.2 Å². The predicted molar refractivity (Wildman–Crippen MR) is 155 cm³/mol. The highest BCUT2D eigenvalue weighted by Crippen LogP contribution is 2.41. The number of nitrogens with zero attached hydrogens (tertiary/aromatic N) is 6. The number of carbonyl (C=O) groups excluding carboxylic acids is 1. The van der Waals surface area contributed by atoms with Gasteiger partial charge in [0.25, 0.3) is 6.33 Å². The van der Waals surface area contributed by atoms with Crippen molar-refractivity contribution < 1.29 is 40.4 Å². The van der Waals surface area contributed by atoms with Crippen LogP contribution in [0.25, 0.3) is 11.3 Å². The first kappa shape index (κ1) is 32.2. The van der Waals surface area contributed by atoms with Crippen molar-refractivity contribution in [3.63, 3.8) is 0 Å². The third-order valence-corrected chi connectivity index (χ3v) is 8.13. The van der Waals surface area contributed by atoms with Crippen molar-refractivity contribution in [2.24, 2.45) is 0 Å². The molecule has 13 heteroatoms. The number of ether oxygens (including phenoxy) is 1. The third kappa shape index (κ3) is 6.92. The van der Waals surface area contributed by atoms with Gasteiger partial charge in [-0.3, -0.25) is 4.90 Å². The number of para-hydroxylation sites is 1. The number of rotatable bonds is 9. The number of amides is 1. The van der Waals surface area contributed by atoms with Gasteiger partial charge >= 0.3 is 6.09 Å². The molecule has 0 bridgehead atoms. The average Bonchev–Trinajstić information content (AvgIpc) is 3.70. The minimum absolute atomic E-state index is 0. The van der Waals surface area contributed by atoms with Gasteiger partial charge in [0.1, 0.15) is 23.8 Å². The summed E-state index contributed by atoms with van der Waals surface area (Å²) in [6.07, 6.45) is 2.31. The molecule has 0 aliphatic carbocycles. The summed E-state index contributed by atoms with van der Waals surface area (Å²) in [5, 5.41) is 27.7. The Kier molecular flexibility index (Phi) is 10.1. The molecule has 3 aromatic carbocycles. The summed E-state index contributed by atoms with van der Waals surface area (Å²) in [6, 6.07) is 20.9. The quantitative estimate of drug-likeness (QED) is 0.249. The molecular weight excluding hydrogens is 610 g/mol. The number of benzene rings is 3. The molecule has 1 N–H and O–H groups in total. The summed E-state index contributed by atoms with van der Waals surface area (Å²) < 4.78 is 37.7. The van der Waals surface area contributed by atoms with Gasteiger partial charge in [-0.15, -0.1) is 16.0 Å². The van der Waals surface area contributed by atoms with E-state index in [4.69, 9.17) is 10.00 Å². The second-order valence-corrected chi connectivity index (χ2v) is 10.8. The van der Waals surface area contributed by atoms with Crippen LogP contribution in [0.3, 0.4) is 0 Å². The fraction of sp³-hybridized carbons (Fsp3) is 0.194. The van der Waals surface area contributed by atoms with Crippen LogP contribution in [0.15, 0.2) is 90.8 Å². The van der Waals surface area contributed by atoms with Gasteiger partial charge in [0.15, 0.2) is 0 Å². The van der Waals surface area contributed by atoms with Crippen LogP contribution in [0.2, 0.25) is 0 Å². The highest BCUT2D eigenvalue weighted by atomic mass is 35.5. The Morgan fingerprint density at radius 1 is 1.18 bits per heavy atom. The van der Waals surface area contributed by atoms with Gasteiger partial charge in [-0.1, -0.05) is 37.3 Å². The van der Waals surface area contributed by atoms with Gasteiger partial charge in [-0.2, -0.15) is 5.26 Å². The van der Waals surface area contributed by atoms with E-state index in [2.05, 4.69) is 16.2 Å². The number of hydrogen-bond donors (Lipinski definition) is 1. The van der Waals surface area contributed by atoms with Crippen molar-refractivity contribution in [1.29, 1.82) is 5.26 Å². The molecule has 1 amide bonds. The minimum atomic E-state index is -1.97. The summed E-state index contributed by atoms with van der Waals surface area (Å²) in [6.45, 7) is 1.26. The van der Waals surface area contributed by atoms with Crippen LogP contribution >= 0.6 is 11.3 Å². The number of aliphatic hydroxyl groups is 1. The van der Waals surface area contributed by atoms with Crippen molar-refractivity contribution in [3.05, 3.63) is 119 Å². The summed E-state index contributed by atoms with van der Waals surface area (Å²) in [5.74, 6) is -2.28. The maximum atomic E-state index is 15.1. The van der Waals surface area contributed by atoms with Crippen LogP contribution in [0.1, 0.15) is 29.0 Å². The summed E-state index contributed by atoms with van der Waals surface area (Å²) in [7, 11) is 1.59. The standard InChI is InChI=1S/C31H27F2N6O3S.ClH/c1-21(29-36-28(16-43-29)23-10-8-22(15-34)9-11-23)31(41,26-14-24(32)12-13-27(26)33)17-39-19-38(18-35-39)20-42-30(40)37(2)25-6-4-3-5-7-25;/h3-14,16,18-19,21,41H,17,20H2,1-2H3;1H/q+1;/p-1/t21-,31+;/m0./s1. The number of halogens is 3. The van der Waals surface area contributed by atoms with E-state index in [0.29, 0.717) is 22.0 Å². The number of anilines is 1. The van der Waals surface area contributed by atoms with E-state index in [9.17, 15) is 14.3 Å². The number of nitriles is 1. The van der Waals surface area contributed by atoms with E-state index in [0.717, 1.165) is 23.8 Å². The van der Waals surface area contributed by atoms with E-state index >= 15 is 4.39 Å². The molecule has 0 saturated carbocycles. The Morgan fingerprint density at radius 3 is 2.61 bits per heavy atom. The van der Waals surface area contributed by atoms with Crippen molar-refractivity contribution in [2.75, 3.05) is 11.9 Å². The smallest absolute Gasteiger partial charge is 0.416 e. The molecule has 2 atom stereocenters. The first-order valence-corrected chi connectivity index (χ1v) is 14.1. The van der Waals surface area contributed by atoms with E-state index in [1.54, 1.807) is 67.9 Å². The molecule has 44 heavy (non-hydrogen) atoms. The largest absolute Gasteiger partial charge is 1.00 e. The zero-order chi connectivity index (χ0) is 30.6. The van der Waals surface area contributed by atoms with Crippen molar-refractivity contribution in [2.45, 2.75) is 31.7 Å². The van der Waals surface area contributed by atoms with Gasteiger partial charge in [0, 0.05) is 40.3 Å². The van der Waals surface area contributed by atoms with Crippen molar-refractivity contribution in [3.8, 4) is 17.3 Å². The van der Waals surface area contributed by atoms with E-state index < -0.39 is 29.2 Å². The van der Waals surface area contributed by atoms with Crippen LogP contribution in [0.4, 0.5) is 19.3 Å². The SMILES string of the molecule is C[C@@H](c1nc(-c2ccc(C#N)cc2)cs1)[C@](O)(Cn1c[n+](COC(=O)N(C)c2ccccc2)cn1)c1cc(F)ccc1F.[Cl-]. The van der Waals surface area contributed by atoms with Gasteiger partial charge in [-0.05, 0) is 42.5 Å². The van der Waals surface area contributed by atoms with Gasteiger partial charge in [0.05, 0.1) is 22.3 Å². The molecule has 5 aromatic rings. The molecule has 0 aliphatic heterocycles. The minimum Gasteiger partial charge on any atom is -1.00 e. The highest BCUT2D eigenvalue weighted by molar-refractivity contribution is 7.10. The molecule has 9 nitrogen and oxygen atoms in total. The first-order chi connectivity index (χ1) is 20.7. The highest BCUT2D eigenvalue weighted by Gasteiger charge is 2.43. The summed E-state index contributed by atoms with van der Waals surface area (Å²) in [5.41, 5.74) is 0.354. The maximum absolute atomic E-state index is 15.1. The Balaban J connectivity index is 0.00000442. The Labute approximate surface area is 262 Å². The lowest BCUT2D eigenvalue weighted by Crippen LogP contribution is -3.00. The van der Waals surface area contributed by atoms with Crippen molar-refractivity contribution in [1.82, 2.24) is 14.8 Å². The second kappa shape index (κ2) is 13.7. The Morgan fingerprint density at radius 2 is 1.91 bits per heavy atom. The fourth-order valence-electron chi connectivity index (χ4n) is 4.57. The van der Waals surface area contributed by atoms with Crippen LogP contribution in [-0.4, -0.2) is 33.0 Å². The second-order valence-electron chi connectivity index (χ2n) is 9.92. The molecule has 226 valence electrons. The lowest BCUT2D eigenvalue weighted by molar-refractivity contribution is -0.727. The van der Waals surface area contributed by atoms with Crippen LogP contribution in [0.5, 0.6) is 0 Å². The van der Waals surface area contributed by atoms with Gasteiger partial charge in [-0.25, -0.2) is 23.1 Å². The topological polar surface area (TPSA) is 108 Å². The molecule has 0 unspecified atom stereocenters. The van der Waals surface area contributed by atoms with Crippen LogP contribution in [-0.2, 0) is 23.6 Å². The zero-order valence-electron chi connectivity index (χ0n) is 23.6. The number of aromatic nitrogens is 4. The Bertz CT molecular complexity index is 1780. The van der Waals surface area contributed by atoms with Gasteiger partial charge < -0.3 is 22.3 Å².